The quantitative estimate of drug-likeness (QED) is 0.629. The van der Waals surface area contributed by atoms with E-state index < -0.39 is 11.7 Å². The maximum absolute atomic E-state index is 12.8. The van der Waals surface area contributed by atoms with Gasteiger partial charge in [0, 0.05) is 5.88 Å². The first-order valence-electron chi connectivity index (χ1n) is 6.51. The van der Waals surface area contributed by atoms with Gasteiger partial charge in [0.2, 0.25) is 0 Å². The zero-order chi connectivity index (χ0) is 15.3. The molecular formula is C17H14ClF3. The van der Waals surface area contributed by atoms with Crippen LogP contribution in [0.25, 0.3) is 5.57 Å². The van der Waals surface area contributed by atoms with Crippen molar-refractivity contribution in [2.45, 2.75) is 12.6 Å². The van der Waals surface area contributed by atoms with E-state index in [1.807, 2.05) is 36.4 Å². The number of hydrogen-bond donors (Lipinski definition) is 0. The van der Waals surface area contributed by atoms with Gasteiger partial charge in [-0.15, -0.1) is 11.6 Å². The molecule has 2 rings (SSSR count). The molecule has 0 nitrogen and oxygen atoms in total. The second-order valence-electron chi connectivity index (χ2n) is 4.54. The molecule has 0 aliphatic rings. The minimum absolute atomic E-state index is 0.426. The summed E-state index contributed by atoms with van der Waals surface area (Å²) in [5.74, 6) is 0.426. The van der Waals surface area contributed by atoms with E-state index >= 15 is 0 Å². The Morgan fingerprint density at radius 3 is 2.24 bits per heavy atom. The van der Waals surface area contributed by atoms with Crippen molar-refractivity contribution >= 4 is 17.2 Å². The molecule has 0 N–H and O–H groups in total. The predicted octanol–water partition coefficient (Wildman–Crippen LogP) is 5.77. The number of rotatable bonds is 4. The zero-order valence-electron chi connectivity index (χ0n) is 11.2. The van der Waals surface area contributed by atoms with Gasteiger partial charge in [0.1, 0.15) is 0 Å². The molecule has 0 aromatic heterocycles. The van der Waals surface area contributed by atoms with Crippen LogP contribution in [0.1, 0.15) is 23.1 Å². The van der Waals surface area contributed by atoms with Crippen LogP contribution in [0.3, 0.4) is 0 Å². The third kappa shape index (κ3) is 4.11. The second kappa shape index (κ2) is 6.81. The van der Waals surface area contributed by atoms with Crippen molar-refractivity contribution in [3.63, 3.8) is 0 Å². The molecule has 0 unspecified atom stereocenters. The zero-order valence-corrected chi connectivity index (χ0v) is 12.0. The molecule has 2 aromatic carbocycles. The van der Waals surface area contributed by atoms with Crippen LogP contribution in [0, 0.1) is 0 Å². The van der Waals surface area contributed by atoms with Crippen molar-refractivity contribution in [1.82, 2.24) is 0 Å². The fourth-order valence-corrected chi connectivity index (χ4v) is 2.19. The van der Waals surface area contributed by atoms with Crippen LogP contribution < -0.4 is 0 Å². The van der Waals surface area contributed by atoms with Crippen LogP contribution in [0.5, 0.6) is 0 Å². The van der Waals surface area contributed by atoms with Gasteiger partial charge >= 0.3 is 6.18 Å². The molecule has 110 valence electrons. The first-order valence-corrected chi connectivity index (χ1v) is 7.05. The summed E-state index contributed by atoms with van der Waals surface area (Å²) in [5, 5.41) is 0. The lowest BCUT2D eigenvalue weighted by Gasteiger charge is -2.12. The van der Waals surface area contributed by atoms with Gasteiger partial charge in [0.25, 0.3) is 0 Å². The highest BCUT2D eigenvalue weighted by Crippen LogP contribution is 2.32. The van der Waals surface area contributed by atoms with Crippen LogP contribution in [0.15, 0.2) is 60.7 Å². The molecule has 0 radical (unpaired) electrons. The maximum atomic E-state index is 12.8. The average Bonchev–Trinajstić information content (AvgIpc) is 2.48. The highest BCUT2D eigenvalue weighted by atomic mass is 35.5. The molecule has 0 heterocycles. The second-order valence-corrected chi connectivity index (χ2v) is 4.92. The molecule has 4 heteroatoms. The summed E-state index contributed by atoms with van der Waals surface area (Å²) in [5.41, 5.74) is 1.54. The van der Waals surface area contributed by atoms with Crippen LogP contribution in [0.2, 0.25) is 0 Å². The number of halogens is 4. The van der Waals surface area contributed by atoms with Crippen molar-refractivity contribution in [1.29, 1.82) is 0 Å². The van der Waals surface area contributed by atoms with Gasteiger partial charge < -0.3 is 0 Å². The lowest BCUT2D eigenvalue weighted by molar-refractivity contribution is -0.137. The van der Waals surface area contributed by atoms with Crippen molar-refractivity contribution in [2.75, 3.05) is 5.88 Å². The van der Waals surface area contributed by atoms with Crippen LogP contribution in [0.4, 0.5) is 13.2 Å². The standard InChI is InChI=1S/C17H14ClF3/c18-11-5-10-16(13-6-2-1-3-7-13)14-8-4-9-15(12-14)17(19,20)21/h1-4,6-10,12H,5,11H2. The third-order valence-electron chi connectivity index (χ3n) is 3.04. The molecule has 0 atom stereocenters. The van der Waals surface area contributed by atoms with Gasteiger partial charge in [0.05, 0.1) is 5.56 Å². The molecule has 0 saturated carbocycles. The Morgan fingerprint density at radius 1 is 0.952 bits per heavy atom. The van der Waals surface area contributed by atoms with E-state index in [1.165, 1.54) is 12.1 Å². The minimum Gasteiger partial charge on any atom is -0.166 e. The first-order chi connectivity index (χ1) is 10.0. The van der Waals surface area contributed by atoms with E-state index in [0.717, 1.165) is 17.2 Å². The highest BCUT2D eigenvalue weighted by Gasteiger charge is 2.30. The van der Waals surface area contributed by atoms with Crippen molar-refractivity contribution < 1.29 is 13.2 Å². The molecule has 0 bridgehead atoms. The van der Waals surface area contributed by atoms with Crippen LogP contribution in [-0.4, -0.2) is 5.88 Å². The fraction of sp³-hybridized carbons (Fsp3) is 0.176. The lowest BCUT2D eigenvalue weighted by atomic mass is 9.95. The summed E-state index contributed by atoms with van der Waals surface area (Å²) >= 11 is 5.70. The van der Waals surface area contributed by atoms with Gasteiger partial charge in [0.15, 0.2) is 0 Å². The molecular weight excluding hydrogens is 297 g/mol. The third-order valence-corrected chi connectivity index (χ3v) is 3.26. The van der Waals surface area contributed by atoms with E-state index in [1.54, 1.807) is 6.07 Å². The largest absolute Gasteiger partial charge is 0.416 e. The predicted molar refractivity (Wildman–Crippen MR) is 80.3 cm³/mol. The molecule has 0 fully saturated rings. The van der Waals surface area contributed by atoms with E-state index in [4.69, 9.17) is 11.6 Å². The van der Waals surface area contributed by atoms with Gasteiger partial charge in [-0.3, -0.25) is 0 Å². The number of hydrogen-bond acceptors (Lipinski definition) is 0. The molecule has 0 spiro atoms. The number of allylic oxidation sites excluding steroid dienone is 1. The Morgan fingerprint density at radius 2 is 1.62 bits per heavy atom. The molecule has 0 amide bonds. The lowest BCUT2D eigenvalue weighted by Crippen LogP contribution is -2.05. The van der Waals surface area contributed by atoms with Crippen molar-refractivity contribution in [2.24, 2.45) is 0 Å². The highest BCUT2D eigenvalue weighted by molar-refractivity contribution is 6.18. The van der Waals surface area contributed by atoms with E-state index in [-0.39, 0.29) is 0 Å². The first kappa shape index (κ1) is 15.6. The van der Waals surface area contributed by atoms with Crippen LogP contribution in [-0.2, 0) is 6.18 Å². The fourth-order valence-electron chi connectivity index (χ4n) is 2.08. The summed E-state index contributed by atoms with van der Waals surface area (Å²) in [7, 11) is 0. The molecule has 0 aliphatic carbocycles. The van der Waals surface area contributed by atoms with Gasteiger partial charge in [-0.1, -0.05) is 48.5 Å². The summed E-state index contributed by atoms with van der Waals surface area (Å²) in [6.07, 6.45) is -1.87. The monoisotopic (exact) mass is 310 g/mol. The van der Waals surface area contributed by atoms with E-state index in [2.05, 4.69) is 0 Å². The Balaban J connectivity index is 2.48. The Bertz CT molecular complexity index is 615. The summed E-state index contributed by atoms with van der Waals surface area (Å²) in [4.78, 5) is 0. The van der Waals surface area contributed by atoms with Crippen molar-refractivity contribution in [3.05, 3.63) is 77.4 Å². The molecule has 0 saturated heterocycles. The smallest absolute Gasteiger partial charge is 0.166 e. The minimum atomic E-state index is -4.34. The van der Waals surface area contributed by atoms with Gasteiger partial charge in [-0.25, -0.2) is 0 Å². The molecule has 2 aromatic rings. The molecule has 0 aliphatic heterocycles. The van der Waals surface area contributed by atoms with Crippen molar-refractivity contribution in [3.8, 4) is 0 Å². The molecule has 21 heavy (non-hydrogen) atoms. The van der Waals surface area contributed by atoms with Gasteiger partial charge in [-0.2, -0.15) is 13.2 Å². The maximum Gasteiger partial charge on any atom is 0.416 e. The summed E-state index contributed by atoms with van der Waals surface area (Å²) < 4.78 is 38.5. The number of alkyl halides is 4. The van der Waals surface area contributed by atoms with Gasteiger partial charge in [-0.05, 0) is 35.3 Å². The van der Waals surface area contributed by atoms with E-state index in [9.17, 15) is 13.2 Å². The number of benzene rings is 2. The Kier molecular flexibility index (Phi) is 5.07. The Labute approximate surface area is 126 Å². The SMILES string of the molecule is FC(F)(F)c1cccc(C(=CCCCl)c2ccccc2)c1. The normalized spacial score (nSPS) is 12.5. The van der Waals surface area contributed by atoms with E-state index in [0.29, 0.717) is 17.9 Å². The summed E-state index contributed by atoms with van der Waals surface area (Å²) in [6.45, 7) is 0. The average molecular weight is 311 g/mol. The van der Waals surface area contributed by atoms with Crippen LogP contribution >= 0.6 is 11.6 Å². The summed E-state index contributed by atoms with van der Waals surface area (Å²) in [6, 6.07) is 14.7. The Hall–Kier alpha value is -1.74. The topological polar surface area (TPSA) is 0 Å².